The molecule has 26 heavy (non-hydrogen) atoms. The number of hydrogen-bond donors (Lipinski definition) is 2. The third-order valence-corrected chi connectivity index (χ3v) is 4.28. The van der Waals surface area contributed by atoms with E-state index in [1.807, 2.05) is 7.05 Å². The fourth-order valence-corrected chi connectivity index (χ4v) is 2.77. The molecule has 2 heterocycles. The number of rotatable bonds is 4. The molecule has 0 aliphatic carbocycles. The summed E-state index contributed by atoms with van der Waals surface area (Å²) in [6.07, 6.45) is 2.17. The van der Waals surface area contributed by atoms with Crippen molar-refractivity contribution in [2.45, 2.75) is 12.5 Å². The number of nitrogen functional groups attached to an aromatic ring is 1. The van der Waals surface area contributed by atoms with Crippen LogP contribution in [0.15, 0.2) is 30.6 Å². The highest BCUT2D eigenvalue weighted by Crippen LogP contribution is 2.25. The Bertz CT molecular complexity index is 803. The molecule has 1 saturated heterocycles. The van der Waals surface area contributed by atoms with Crippen molar-refractivity contribution in [2.24, 2.45) is 0 Å². The van der Waals surface area contributed by atoms with E-state index < -0.39 is 5.82 Å². The summed E-state index contributed by atoms with van der Waals surface area (Å²) < 4.78 is 19.2. The number of halogens is 1. The Morgan fingerprint density at radius 3 is 2.92 bits per heavy atom. The number of urea groups is 1. The summed E-state index contributed by atoms with van der Waals surface area (Å²) in [5.74, 6) is -0.225. The number of hydrogen-bond acceptors (Lipinski definition) is 6. The average Bonchev–Trinajstić information content (AvgIpc) is 3.03. The normalized spacial score (nSPS) is 17.1. The number of ether oxygens (including phenoxy) is 1. The van der Waals surface area contributed by atoms with Crippen molar-refractivity contribution in [1.29, 1.82) is 0 Å². The molecule has 0 unspecified atom stereocenters. The standard InChI is InChI=1S/C17H21FN6O2/c1-23-6-5-12(9-23)24(2)17(25)22-15-8-16(21-10-20-15)26-14-4-3-11(19)7-13(14)18/h3-4,7-8,10,12H,5-6,9,19H2,1-2H3,(H,20,21,22,25)/t12-/m0/s1. The first-order valence-electron chi connectivity index (χ1n) is 8.19. The Morgan fingerprint density at radius 2 is 2.23 bits per heavy atom. The minimum Gasteiger partial charge on any atom is -0.436 e. The van der Waals surface area contributed by atoms with E-state index in [1.54, 1.807) is 11.9 Å². The van der Waals surface area contributed by atoms with Gasteiger partial charge in [0.15, 0.2) is 11.6 Å². The first-order chi connectivity index (χ1) is 12.4. The fraction of sp³-hybridized carbons (Fsp3) is 0.353. The summed E-state index contributed by atoms with van der Waals surface area (Å²) >= 11 is 0. The minimum atomic E-state index is -0.598. The van der Waals surface area contributed by atoms with Crippen molar-refractivity contribution < 1.29 is 13.9 Å². The molecule has 9 heteroatoms. The SMILES string of the molecule is CN1CC[C@H](N(C)C(=O)Nc2cc(Oc3ccc(N)cc3F)ncn2)C1. The Hall–Kier alpha value is -2.94. The molecule has 1 aliphatic heterocycles. The molecule has 2 amide bonds. The Labute approximate surface area is 150 Å². The number of nitrogens with two attached hydrogens (primary N) is 1. The van der Waals surface area contributed by atoms with Crippen LogP contribution in [0.25, 0.3) is 0 Å². The number of amides is 2. The van der Waals surface area contributed by atoms with E-state index in [0.29, 0.717) is 5.69 Å². The van der Waals surface area contributed by atoms with Crippen LogP contribution in [0.5, 0.6) is 11.6 Å². The van der Waals surface area contributed by atoms with Gasteiger partial charge in [0.05, 0.1) is 0 Å². The summed E-state index contributed by atoms with van der Waals surface area (Å²) in [4.78, 5) is 24.2. The molecular formula is C17H21FN6O2. The number of nitrogens with zero attached hydrogens (tertiary/aromatic N) is 4. The van der Waals surface area contributed by atoms with Crippen LogP contribution in [0.3, 0.4) is 0 Å². The first-order valence-corrected chi connectivity index (χ1v) is 8.19. The highest BCUT2D eigenvalue weighted by atomic mass is 19.1. The van der Waals surface area contributed by atoms with Crippen molar-refractivity contribution in [3.05, 3.63) is 36.4 Å². The van der Waals surface area contributed by atoms with Crippen molar-refractivity contribution in [1.82, 2.24) is 19.8 Å². The van der Waals surface area contributed by atoms with Gasteiger partial charge < -0.3 is 20.3 Å². The van der Waals surface area contributed by atoms with Gasteiger partial charge in [-0.05, 0) is 32.1 Å². The maximum atomic E-state index is 13.8. The number of benzene rings is 1. The molecule has 8 nitrogen and oxygen atoms in total. The van der Waals surface area contributed by atoms with Crippen LogP contribution in [0.4, 0.5) is 20.7 Å². The van der Waals surface area contributed by atoms with Gasteiger partial charge in [-0.3, -0.25) is 5.32 Å². The zero-order valence-corrected chi connectivity index (χ0v) is 14.6. The quantitative estimate of drug-likeness (QED) is 0.811. The van der Waals surface area contributed by atoms with Gasteiger partial charge in [0.25, 0.3) is 0 Å². The lowest BCUT2D eigenvalue weighted by Crippen LogP contribution is -2.41. The molecule has 1 fully saturated rings. The van der Waals surface area contributed by atoms with E-state index in [-0.39, 0.29) is 29.5 Å². The minimum absolute atomic E-state index is 0.0127. The second-order valence-corrected chi connectivity index (χ2v) is 6.28. The Kier molecular flexibility index (Phi) is 5.17. The number of carbonyl (C=O) groups is 1. The molecule has 1 aromatic heterocycles. The first kappa shape index (κ1) is 17.9. The second kappa shape index (κ2) is 7.52. The summed E-state index contributed by atoms with van der Waals surface area (Å²) in [6, 6.07) is 5.41. The third-order valence-electron chi connectivity index (χ3n) is 4.28. The predicted octanol–water partition coefficient (Wildman–Crippen LogP) is 2.16. The summed E-state index contributed by atoms with van der Waals surface area (Å²) in [5, 5.41) is 2.71. The fourth-order valence-electron chi connectivity index (χ4n) is 2.77. The van der Waals surface area contributed by atoms with Gasteiger partial charge >= 0.3 is 6.03 Å². The van der Waals surface area contributed by atoms with Crippen molar-refractivity contribution in [3.63, 3.8) is 0 Å². The van der Waals surface area contributed by atoms with Gasteiger partial charge in [0, 0.05) is 37.5 Å². The summed E-state index contributed by atoms with van der Waals surface area (Å²) in [6.45, 7) is 1.79. The largest absolute Gasteiger partial charge is 0.436 e. The maximum Gasteiger partial charge on any atom is 0.323 e. The number of anilines is 2. The number of aromatic nitrogens is 2. The molecule has 1 aromatic carbocycles. The van der Waals surface area contributed by atoms with Gasteiger partial charge in [-0.2, -0.15) is 0 Å². The molecular weight excluding hydrogens is 339 g/mol. The van der Waals surface area contributed by atoms with Crippen LogP contribution >= 0.6 is 0 Å². The molecule has 0 saturated carbocycles. The van der Waals surface area contributed by atoms with Gasteiger partial charge in [0.2, 0.25) is 5.88 Å². The topological polar surface area (TPSA) is 96.6 Å². The highest BCUT2D eigenvalue weighted by molar-refractivity contribution is 5.88. The van der Waals surface area contributed by atoms with Gasteiger partial charge in [-0.1, -0.05) is 0 Å². The number of likely N-dealkylation sites (N-methyl/N-ethyl adjacent to an activating group) is 2. The zero-order valence-electron chi connectivity index (χ0n) is 14.6. The average molecular weight is 360 g/mol. The van der Waals surface area contributed by atoms with Crippen LogP contribution in [0.1, 0.15) is 6.42 Å². The van der Waals surface area contributed by atoms with E-state index in [2.05, 4.69) is 20.2 Å². The molecule has 1 atom stereocenters. The van der Waals surface area contributed by atoms with Crippen molar-refractivity contribution >= 4 is 17.5 Å². The molecule has 0 bridgehead atoms. The third kappa shape index (κ3) is 4.17. The Morgan fingerprint density at radius 1 is 1.42 bits per heavy atom. The molecule has 0 radical (unpaired) electrons. The smallest absolute Gasteiger partial charge is 0.323 e. The number of nitrogens with one attached hydrogen (secondary N) is 1. The molecule has 0 spiro atoms. The summed E-state index contributed by atoms with van der Waals surface area (Å²) in [5.41, 5.74) is 5.81. The van der Waals surface area contributed by atoms with Crippen LogP contribution in [-0.4, -0.2) is 59.0 Å². The number of carbonyl (C=O) groups excluding carboxylic acids is 1. The number of likely N-dealkylation sites (tertiary alicyclic amines) is 1. The maximum absolute atomic E-state index is 13.8. The Balaban J connectivity index is 1.66. The van der Waals surface area contributed by atoms with E-state index in [9.17, 15) is 9.18 Å². The van der Waals surface area contributed by atoms with Crippen LogP contribution in [0.2, 0.25) is 0 Å². The van der Waals surface area contributed by atoms with Crippen molar-refractivity contribution in [3.8, 4) is 11.6 Å². The van der Waals surface area contributed by atoms with E-state index >= 15 is 0 Å². The van der Waals surface area contributed by atoms with E-state index in [1.165, 1.54) is 24.5 Å². The van der Waals surface area contributed by atoms with Gasteiger partial charge in [0.1, 0.15) is 12.1 Å². The molecule has 2 aromatic rings. The molecule has 1 aliphatic rings. The van der Waals surface area contributed by atoms with Crippen LogP contribution < -0.4 is 15.8 Å². The van der Waals surface area contributed by atoms with Crippen molar-refractivity contribution in [2.75, 3.05) is 38.2 Å². The second-order valence-electron chi connectivity index (χ2n) is 6.28. The van der Waals surface area contributed by atoms with Gasteiger partial charge in [-0.25, -0.2) is 19.2 Å². The lowest BCUT2D eigenvalue weighted by Gasteiger charge is -2.24. The highest BCUT2D eigenvalue weighted by Gasteiger charge is 2.26. The zero-order chi connectivity index (χ0) is 18.7. The predicted molar refractivity (Wildman–Crippen MR) is 95.6 cm³/mol. The molecule has 138 valence electrons. The lowest BCUT2D eigenvalue weighted by atomic mass is 10.2. The molecule has 3 rings (SSSR count). The summed E-state index contributed by atoms with van der Waals surface area (Å²) in [7, 11) is 3.78. The van der Waals surface area contributed by atoms with Crippen LogP contribution in [0, 0.1) is 5.82 Å². The lowest BCUT2D eigenvalue weighted by molar-refractivity contribution is 0.204. The van der Waals surface area contributed by atoms with Crippen LogP contribution in [-0.2, 0) is 0 Å². The van der Waals surface area contributed by atoms with Gasteiger partial charge in [-0.15, -0.1) is 0 Å². The monoisotopic (exact) mass is 360 g/mol. The van der Waals surface area contributed by atoms with E-state index in [4.69, 9.17) is 10.5 Å². The molecule has 3 N–H and O–H groups in total. The van der Waals surface area contributed by atoms with E-state index in [0.717, 1.165) is 25.6 Å².